The van der Waals surface area contributed by atoms with Crippen molar-refractivity contribution in [3.63, 3.8) is 0 Å². The van der Waals surface area contributed by atoms with E-state index in [4.69, 9.17) is 0 Å². The summed E-state index contributed by atoms with van der Waals surface area (Å²) in [6.07, 6.45) is -1.51. The largest absolute Gasteiger partial charge is 0.416 e. The molecule has 18 heavy (non-hydrogen) atoms. The number of alkyl halides is 3. The van der Waals surface area contributed by atoms with Gasteiger partial charge in [-0.3, -0.25) is 0 Å². The number of aromatic nitrogens is 2. The van der Waals surface area contributed by atoms with Crippen LogP contribution >= 0.6 is 11.3 Å². The maximum atomic E-state index is 12.5. The molecule has 0 aliphatic rings. The van der Waals surface area contributed by atoms with E-state index in [0.717, 1.165) is 28.2 Å². The molecule has 0 spiro atoms. The van der Waals surface area contributed by atoms with Gasteiger partial charge in [0.1, 0.15) is 5.82 Å². The van der Waals surface area contributed by atoms with Crippen molar-refractivity contribution in [2.45, 2.75) is 19.6 Å². The maximum absolute atomic E-state index is 12.5. The highest BCUT2D eigenvalue weighted by Crippen LogP contribution is 2.30. The lowest BCUT2D eigenvalue weighted by atomic mass is 10.2. The van der Waals surface area contributed by atoms with Crippen molar-refractivity contribution in [3.8, 4) is 0 Å². The van der Waals surface area contributed by atoms with Crippen LogP contribution in [0.1, 0.15) is 15.4 Å². The van der Waals surface area contributed by atoms with Gasteiger partial charge >= 0.3 is 6.18 Å². The van der Waals surface area contributed by atoms with Crippen LogP contribution in [0.15, 0.2) is 24.5 Å². The fraction of sp³-hybridized carbons (Fsp3) is 0.273. The summed E-state index contributed by atoms with van der Waals surface area (Å²) in [5.41, 5.74) is -0.708. The van der Waals surface area contributed by atoms with E-state index in [1.165, 1.54) is 11.3 Å². The Hall–Kier alpha value is -1.63. The zero-order valence-corrected chi connectivity index (χ0v) is 10.3. The van der Waals surface area contributed by atoms with Crippen LogP contribution in [0.25, 0.3) is 0 Å². The molecule has 0 saturated heterocycles. The van der Waals surface area contributed by atoms with Gasteiger partial charge in [-0.25, -0.2) is 9.97 Å². The van der Waals surface area contributed by atoms with Crippen LogP contribution in [0.3, 0.4) is 0 Å². The number of halogens is 3. The Labute approximate surface area is 106 Å². The molecule has 1 N–H and O–H groups in total. The first-order valence-corrected chi connectivity index (χ1v) is 5.95. The van der Waals surface area contributed by atoms with Gasteiger partial charge in [-0.05, 0) is 19.1 Å². The summed E-state index contributed by atoms with van der Waals surface area (Å²) in [5.74, 6) is 0.205. The molecule has 2 aromatic rings. The van der Waals surface area contributed by atoms with Crippen molar-refractivity contribution in [1.82, 2.24) is 9.97 Å². The summed E-state index contributed by atoms with van der Waals surface area (Å²) < 4.78 is 37.4. The van der Waals surface area contributed by atoms with Crippen molar-refractivity contribution in [1.29, 1.82) is 0 Å². The van der Waals surface area contributed by atoms with Crippen LogP contribution in [-0.4, -0.2) is 9.97 Å². The van der Waals surface area contributed by atoms with Gasteiger partial charge in [0.2, 0.25) is 0 Å². The molecule has 0 aliphatic carbocycles. The average molecular weight is 273 g/mol. The van der Waals surface area contributed by atoms with Gasteiger partial charge in [-0.15, -0.1) is 11.3 Å². The fourth-order valence-electron chi connectivity index (χ4n) is 1.37. The number of thiazole rings is 1. The van der Waals surface area contributed by atoms with Crippen molar-refractivity contribution in [2.24, 2.45) is 0 Å². The molecule has 0 aromatic carbocycles. The lowest BCUT2D eigenvalue weighted by Gasteiger charge is -2.08. The van der Waals surface area contributed by atoms with E-state index in [0.29, 0.717) is 6.54 Å². The molecule has 7 heteroatoms. The predicted octanol–water partition coefficient (Wildman–Crippen LogP) is 3.48. The van der Waals surface area contributed by atoms with Gasteiger partial charge in [0.25, 0.3) is 0 Å². The smallest absolute Gasteiger partial charge is 0.365 e. The Morgan fingerprint density at radius 1 is 1.33 bits per heavy atom. The third-order valence-corrected chi connectivity index (χ3v) is 3.11. The topological polar surface area (TPSA) is 37.8 Å². The highest BCUT2D eigenvalue weighted by Gasteiger charge is 2.30. The van der Waals surface area contributed by atoms with Gasteiger partial charge in [0.15, 0.2) is 0 Å². The predicted molar refractivity (Wildman–Crippen MR) is 63.4 cm³/mol. The van der Waals surface area contributed by atoms with Crippen LogP contribution < -0.4 is 5.32 Å². The first-order chi connectivity index (χ1) is 8.45. The monoisotopic (exact) mass is 273 g/mol. The fourth-order valence-corrected chi connectivity index (χ4v) is 2.10. The number of rotatable bonds is 3. The van der Waals surface area contributed by atoms with Crippen molar-refractivity contribution in [2.75, 3.05) is 5.32 Å². The minimum absolute atomic E-state index is 0.205. The van der Waals surface area contributed by atoms with Gasteiger partial charge < -0.3 is 5.32 Å². The summed E-state index contributed by atoms with van der Waals surface area (Å²) in [7, 11) is 0. The highest BCUT2D eigenvalue weighted by atomic mass is 32.1. The van der Waals surface area contributed by atoms with E-state index in [9.17, 15) is 13.2 Å². The number of nitrogens with zero attached hydrogens (tertiary/aromatic N) is 2. The lowest BCUT2D eigenvalue weighted by molar-refractivity contribution is -0.137. The van der Waals surface area contributed by atoms with Gasteiger partial charge in [-0.1, -0.05) is 0 Å². The van der Waals surface area contributed by atoms with Crippen LogP contribution in [0.2, 0.25) is 0 Å². The quantitative estimate of drug-likeness (QED) is 0.930. The Balaban J connectivity index is 2.06. The highest BCUT2D eigenvalue weighted by molar-refractivity contribution is 7.11. The first-order valence-electron chi connectivity index (χ1n) is 5.13. The van der Waals surface area contributed by atoms with Crippen molar-refractivity contribution >= 4 is 17.2 Å². The van der Waals surface area contributed by atoms with Gasteiger partial charge in [0, 0.05) is 17.3 Å². The zero-order valence-electron chi connectivity index (χ0n) is 9.45. The molecule has 0 saturated carbocycles. The van der Waals surface area contributed by atoms with E-state index in [-0.39, 0.29) is 5.82 Å². The summed E-state index contributed by atoms with van der Waals surface area (Å²) in [5, 5.41) is 3.77. The molecule has 2 heterocycles. The molecule has 2 aromatic heterocycles. The van der Waals surface area contributed by atoms with E-state index < -0.39 is 11.7 Å². The van der Waals surface area contributed by atoms with Crippen LogP contribution in [-0.2, 0) is 12.7 Å². The second kappa shape index (κ2) is 4.93. The van der Waals surface area contributed by atoms with Crippen molar-refractivity contribution < 1.29 is 13.2 Å². The molecular weight excluding hydrogens is 263 g/mol. The molecule has 0 unspecified atom stereocenters. The normalized spacial score (nSPS) is 11.6. The molecule has 3 nitrogen and oxygen atoms in total. The third kappa shape index (κ3) is 3.19. The molecule has 0 radical (unpaired) electrons. The summed E-state index contributed by atoms with van der Waals surface area (Å²) in [4.78, 5) is 8.86. The second-order valence-corrected chi connectivity index (χ2v) is 4.95. The number of aryl methyl sites for hydroxylation is 1. The zero-order chi connectivity index (χ0) is 13.2. The number of hydrogen-bond acceptors (Lipinski definition) is 4. The molecular formula is C11H10F3N3S. The minimum Gasteiger partial charge on any atom is -0.365 e. The van der Waals surface area contributed by atoms with E-state index >= 15 is 0 Å². The summed E-state index contributed by atoms with van der Waals surface area (Å²) >= 11 is 1.49. The Morgan fingerprint density at radius 2 is 2.11 bits per heavy atom. The molecule has 0 atom stereocenters. The van der Waals surface area contributed by atoms with Gasteiger partial charge in [0.05, 0.1) is 17.1 Å². The SMILES string of the molecule is Cc1ncc(CNc2cc(C(F)(F)F)ccn2)s1. The average Bonchev–Trinajstić information content (AvgIpc) is 2.72. The Morgan fingerprint density at radius 3 is 2.72 bits per heavy atom. The molecule has 0 fully saturated rings. The number of nitrogens with one attached hydrogen (secondary N) is 1. The number of pyridine rings is 1. The summed E-state index contributed by atoms with van der Waals surface area (Å²) in [6, 6.07) is 1.94. The minimum atomic E-state index is -4.35. The first kappa shape index (κ1) is 12.8. The number of anilines is 1. The maximum Gasteiger partial charge on any atom is 0.416 e. The molecule has 0 amide bonds. The van der Waals surface area contributed by atoms with Crippen LogP contribution in [0.4, 0.5) is 19.0 Å². The van der Waals surface area contributed by atoms with E-state index in [1.807, 2.05) is 6.92 Å². The Kier molecular flexibility index (Phi) is 3.51. The molecule has 96 valence electrons. The number of hydrogen-bond donors (Lipinski definition) is 1. The van der Waals surface area contributed by atoms with E-state index in [2.05, 4.69) is 15.3 Å². The van der Waals surface area contributed by atoms with Crippen molar-refractivity contribution in [3.05, 3.63) is 40.0 Å². The molecule has 0 bridgehead atoms. The van der Waals surface area contributed by atoms with E-state index in [1.54, 1.807) is 6.20 Å². The van der Waals surface area contributed by atoms with Crippen LogP contribution in [0, 0.1) is 6.92 Å². The second-order valence-electron chi connectivity index (χ2n) is 3.63. The summed E-state index contributed by atoms with van der Waals surface area (Å²) in [6.45, 7) is 2.29. The third-order valence-electron chi connectivity index (χ3n) is 2.20. The molecule has 0 aliphatic heterocycles. The standard InChI is InChI=1S/C11H10F3N3S/c1-7-16-5-9(18-7)6-17-10-4-8(2-3-15-10)11(12,13)14/h2-5H,6H2,1H3,(H,15,17). The molecule has 2 rings (SSSR count). The Bertz CT molecular complexity index is 536. The lowest BCUT2D eigenvalue weighted by Crippen LogP contribution is -2.07. The van der Waals surface area contributed by atoms with Gasteiger partial charge in [-0.2, -0.15) is 13.2 Å². The van der Waals surface area contributed by atoms with Crippen LogP contribution in [0.5, 0.6) is 0 Å².